The van der Waals surface area contributed by atoms with Crippen LogP contribution in [-0.2, 0) is 6.42 Å². The second kappa shape index (κ2) is 4.85. The van der Waals surface area contributed by atoms with Crippen molar-refractivity contribution in [2.45, 2.75) is 26.7 Å². The predicted octanol–water partition coefficient (Wildman–Crippen LogP) is 3.62. The van der Waals surface area contributed by atoms with E-state index in [1.807, 2.05) is 19.9 Å². The molecule has 0 N–H and O–H groups in total. The molecule has 0 aliphatic carbocycles. The van der Waals surface area contributed by atoms with Gasteiger partial charge in [-0.2, -0.15) is 0 Å². The molecule has 0 saturated carbocycles. The van der Waals surface area contributed by atoms with Gasteiger partial charge in [0.05, 0.1) is 0 Å². The second-order valence-corrected chi connectivity index (χ2v) is 3.57. The molecular weight excluding hydrogens is 172 g/mol. The monoisotopic (exact) mass is 189 g/mol. The number of allylic oxidation sites excluding steroid dienone is 2. The fraction of sp³-hybridized carbons (Fsp3) is 0.385. The number of furan rings is 1. The quantitative estimate of drug-likeness (QED) is 0.645. The Labute approximate surface area is 86.1 Å². The normalized spacial score (nSPS) is 12.4. The molecule has 0 aromatic carbocycles. The van der Waals surface area contributed by atoms with Crippen LogP contribution < -0.4 is 0 Å². The summed E-state index contributed by atoms with van der Waals surface area (Å²) in [7, 11) is 0. The first kappa shape index (κ1) is 10.8. The van der Waals surface area contributed by atoms with Crippen molar-refractivity contribution >= 4 is 0 Å². The zero-order valence-electron chi connectivity index (χ0n) is 8.92. The van der Waals surface area contributed by atoms with E-state index in [1.54, 1.807) is 6.08 Å². The van der Waals surface area contributed by atoms with Crippen LogP contribution in [0.3, 0.4) is 0 Å². The molecule has 1 radical (unpaired) electrons. The SMILES string of the molecule is [CH]=CC(C=C)CCc1cc(C)oc1C. The van der Waals surface area contributed by atoms with Crippen molar-refractivity contribution in [3.05, 3.63) is 48.5 Å². The van der Waals surface area contributed by atoms with Crippen LogP contribution in [0.2, 0.25) is 0 Å². The Kier molecular flexibility index (Phi) is 3.75. The lowest BCUT2D eigenvalue weighted by molar-refractivity contribution is 0.500. The van der Waals surface area contributed by atoms with Crippen LogP contribution in [-0.4, -0.2) is 0 Å². The van der Waals surface area contributed by atoms with Crippen LogP contribution in [0.4, 0.5) is 0 Å². The third kappa shape index (κ3) is 2.63. The van der Waals surface area contributed by atoms with Gasteiger partial charge in [0, 0.05) is 0 Å². The van der Waals surface area contributed by atoms with Gasteiger partial charge in [-0.1, -0.05) is 18.7 Å². The average Bonchev–Trinajstić information content (AvgIpc) is 2.47. The molecule has 0 bridgehead atoms. The first-order valence-electron chi connectivity index (χ1n) is 4.91. The van der Waals surface area contributed by atoms with Gasteiger partial charge in [0.15, 0.2) is 0 Å². The molecule has 0 amide bonds. The summed E-state index contributed by atoms with van der Waals surface area (Å²) in [5.74, 6) is 2.29. The number of hydrogen-bond acceptors (Lipinski definition) is 1. The molecule has 1 nitrogen and oxygen atoms in total. The fourth-order valence-electron chi connectivity index (χ4n) is 1.55. The van der Waals surface area contributed by atoms with Gasteiger partial charge < -0.3 is 4.42 Å². The van der Waals surface area contributed by atoms with E-state index < -0.39 is 0 Å². The third-order valence-corrected chi connectivity index (χ3v) is 2.44. The molecule has 1 rings (SSSR count). The van der Waals surface area contributed by atoms with Gasteiger partial charge in [-0.05, 0) is 44.2 Å². The Bertz CT molecular complexity index is 312. The minimum Gasteiger partial charge on any atom is -0.466 e. The molecule has 0 spiro atoms. The Morgan fingerprint density at radius 1 is 1.57 bits per heavy atom. The lowest BCUT2D eigenvalue weighted by atomic mass is 10.00. The summed E-state index contributed by atoms with van der Waals surface area (Å²) in [5.41, 5.74) is 1.27. The van der Waals surface area contributed by atoms with E-state index in [0.717, 1.165) is 24.4 Å². The molecule has 0 fully saturated rings. The van der Waals surface area contributed by atoms with Gasteiger partial charge >= 0.3 is 0 Å². The number of hydrogen-bond donors (Lipinski definition) is 0. The number of aryl methyl sites for hydroxylation is 3. The Balaban J connectivity index is 2.56. The van der Waals surface area contributed by atoms with E-state index in [1.165, 1.54) is 5.56 Å². The fourth-order valence-corrected chi connectivity index (χ4v) is 1.55. The predicted molar refractivity (Wildman–Crippen MR) is 59.1 cm³/mol. The summed E-state index contributed by atoms with van der Waals surface area (Å²) < 4.78 is 5.45. The molecule has 0 saturated heterocycles. The molecule has 0 aliphatic heterocycles. The minimum atomic E-state index is 0.296. The van der Waals surface area contributed by atoms with E-state index in [0.29, 0.717) is 5.92 Å². The van der Waals surface area contributed by atoms with Crippen LogP contribution in [0, 0.1) is 26.3 Å². The molecule has 1 atom stereocenters. The van der Waals surface area contributed by atoms with Crippen molar-refractivity contribution in [3.8, 4) is 0 Å². The summed E-state index contributed by atoms with van der Waals surface area (Å²) in [6.45, 7) is 13.2. The highest BCUT2D eigenvalue weighted by atomic mass is 16.3. The lowest BCUT2D eigenvalue weighted by Crippen LogP contribution is -1.94. The number of rotatable bonds is 5. The Morgan fingerprint density at radius 3 is 2.71 bits per heavy atom. The summed E-state index contributed by atoms with van der Waals surface area (Å²) >= 11 is 0. The van der Waals surface area contributed by atoms with Crippen molar-refractivity contribution in [1.82, 2.24) is 0 Å². The molecule has 1 unspecified atom stereocenters. The molecule has 1 heterocycles. The molecule has 0 aliphatic rings. The Hall–Kier alpha value is -1.24. The first-order chi connectivity index (χ1) is 6.67. The lowest BCUT2D eigenvalue weighted by Gasteiger charge is -2.04. The summed E-state index contributed by atoms with van der Waals surface area (Å²) in [4.78, 5) is 0. The average molecular weight is 189 g/mol. The topological polar surface area (TPSA) is 13.1 Å². The molecule has 14 heavy (non-hydrogen) atoms. The van der Waals surface area contributed by atoms with Gasteiger partial charge in [-0.3, -0.25) is 0 Å². The third-order valence-electron chi connectivity index (χ3n) is 2.44. The molecule has 75 valence electrons. The van der Waals surface area contributed by atoms with Gasteiger partial charge in [-0.25, -0.2) is 0 Å². The van der Waals surface area contributed by atoms with Crippen LogP contribution >= 0.6 is 0 Å². The van der Waals surface area contributed by atoms with E-state index in [4.69, 9.17) is 11.0 Å². The summed E-state index contributed by atoms with van der Waals surface area (Å²) in [6, 6.07) is 2.09. The van der Waals surface area contributed by atoms with Gasteiger partial charge in [0.25, 0.3) is 0 Å². The molecular formula is C13H17O. The largest absolute Gasteiger partial charge is 0.466 e. The molecule has 1 heteroatoms. The van der Waals surface area contributed by atoms with Crippen molar-refractivity contribution in [1.29, 1.82) is 0 Å². The van der Waals surface area contributed by atoms with Gasteiger partial charge in [0.2, 0.25) is 0 Å². The van der Waals surface area contributed by atoms with E-state index in [9.17, 15) is 0 Å². The van der Waals surface area contributed by atoms with Crippen LogP contribution in [0.15, 0.2) is 29.2 Å². The molecule has 1 aromatic heterocycles. The first-order valence-corrected chi connectivity index (χ1v) is 4.91. The summed E-state index contributed by atoms with van der Waals surface area (Å²) in [6.07, 6.45) is 5.56. The van der Waals surface area contributed by atoms with Crippen molar-refractivity contribution < 1.29 is 4.42 Å². The van der Waals surface area contributed by atoms with E-state index >= 15 is 0 Å². The van der Waals surface area contributed by atoms with E-state index in [2.05, 4.69) is 12.6 Å². The second-order valence-electron chi connectivity index (χ2n) is 3.57. The van der Waals surface area contributed by atoms with Crippen LogP contribution in [0.5, 0.6) is 0 Å². The van der Waals surface area contributed by atoms with E-state index in [-0.39, 0.29) is 0 Å². The highest BCUT2D eigenvalue weighted by Crippen LogP contribution is 2.18. The van der Waals surface area contributed by atoms with Crippen molar-refractivity contribution in [2.75, 3.05) is 0 Å². The zero-order valence-corrected chi connectivity index (χ0v) is 8.92. The smallest absolute Gasteiger partial charge is 0.104 e. The zero-order chi connectivity index (χ0) is 10.6. The standard InChI is InChI=1S/C13H17O/c1-5-12(6-2)7-8-13-9-10(3)14-11(13)4/h1,5-6,9,12H,2,7-8H2,3-4H3. The maximum Gasteiger partial charge on any atom is 0.104 e. The van der Waals surface area contributed by atoms with Gasteiger partial charge in [-0.15, -0.1) is 6.58 Å². The van der Waals surface area contributed by atoms with Crippen LogP contribution in [0.25, 0.3) is 0 Å². The minimum absolute atomic E-state index is 0.296. The maximum absolute atomic E-state index is 5.47. The highest BCUT2D eigenvalue weighted by molar-refractivity contribution is 5.20. The highest BCUT2D eigenvalue weighted by Gasteiger charge is 2.06. The Morgan fingerprint density at radius 2 is 2.29 bits per heavy atom. The summed E-state index contributed by atoms with van der Waals surface area (Å²) in [5, 5.41) is 0. The van der Waals surface area contributed by atoms with Gasteiger partial charge in [0.1, 0.15) is 11.5 Å². The van der Waals surface area contributed by atoms with Crippen LogP contribution in [0.1, 0.15) is 23.5 Å². The molecule has 1 aromatic rings. The maximum atomic E-state index is 5.47. The van der Waals surface area contributed by atoms with Crippen molar-refractivity contribution in [2.24, 2.45) is 5.92 Å². The van der Waals surface area contributed by atoms with Crippen molar-refractivity contribution in [3.63, 3.8) is 0 Å².